The van der Waals surface area contributed by atoms with Crippen LogP contribution in [0.4, 0.5) is 0 Å². The molecule has 0 aliphatic carbocycles. The number of hydrogen-bond acceptors (Lipinski definition) is 4. The van der Waals surface area contributed by atoms with E-state index in [1.165, 1.54) is 4.90 Å². The van der Waals surface area contributed by atoms with Crippen LogP contribution in [0.2, 0.25) is 0 Å². The lowest BCUT2D eigenvalue weighted by molar-refractivity contribution is 0.0546. The Labute approximate surface area is 124 Å². The van der Waals surface area contributed by atoms with E-state index in [0.717, 1.165) is 32.5 Å². The molecular weight excluding hydrogens is 266 g/mol. The van der Waals surface area contributed by atoms with Crippen molar-refractivity contribution in [1.29, 1.82) is 0 Å². The van der Waals surface area contributed by atoms with Gasteiger partial charge in [0.25, 0.3) is 11.8 Å². The molecule has 112 valence electrons. The van der Waals surface area contributed by atoms with Crippen molar-refractivity contribution in [2.75, 3.05) is 33.4 Å². The number of carbonyl (C=O) groups excluding carboxylic acids is 2. The smallest absolute Gasteiger partial charge is 0.262 e. The average molecular weight is 287 g/mol. The van der Waals surface area contributed by atoms with E-state index in [2.05, 4.69) is 10.2 Å². The first kappa shape index (κ1) is 14.2. The van der Waals surface area contributed by atoms with Crippen LogP contribution < -0.4 is 5.32 Å². The first-order valence-electron chi connectivity index (χ1n) is 7.51. The van der Waals surface area contributed by atoms with E-state index in [0.29, 0.717) is 23.7 Å². The van der Waals surface area contributed by atoms with Crippen LogP contribution >= 0.6 is 0 Å². The van der Waals surface area contributed by atoms with Crippen molar-refractivity contribution in [1.82, 2.24) is 15.1 Å². The predicted octanol–water partition coefficient (Wildman–Crippen LogP) is 1.17. The minimum Gasteiger partial charge on any atom is -0.317 e. The largest absolute Gasteiger partial charge is 0.317 e. The first-order chi connectivity index (χ1) is 10.2. The van der Waals surface area contributed by atoms with E-state index < -0.39 is 0 Å². The van der Waals surface area contributed by atoms with Crippen LogP contribution in [-0.2, 0) is 0 Å². The minimum absolute atomic E-state index is 0.173. The lowest BCUT2D eigenvalue weighted by Crippen LogP contribution is -2.42. The second-order valence-electron chi connectivity index (χ2n) is 5.96. The number of imide groups is 1. The summed E-state index contributed by atoms with van der Waals surface area (Å²) in [6.45, 7) is 3.42. The molecule has 0 aromatic heterocycles. The molecule has 2 heterocycles. The van der Waals surface area contributed by atoms with E-state index >= 15 is 0 Å². The first-order valence-corrected chi connectivity index (χ1v) is 7.51. The number of fused-ring (bicyclic) bond motifs is 1. The molecule has 0 unspecified atom stereocenters. The Bertz CT molecular complexity index is 517. The molecular formula is C16H21N3O2. The maximum atomic E-state index is 12.3. The van der Waals surface area contributed by atoms with Crippen LogP contribution in [0, 0.1) is 5.92 Å². The van der Waals surface area contributed by atoms with Crippen LogP contribution in [0.5, 0.6) is 0 Å². The number of rotatable bonds is 4. The molecule has 0 spiro atoms. The molecule has 0 radical (unpaired) electrons. The van der Waals surface area contributed by atoms with Gasteiger partial charge in [0, 0.05) is 6.54 Å². The highest BCUT2D eigenvalue weighted by Crippen LogP contribution is 2.23. The number of hydrogen-bond donors (Lipinski definition) is 1. The van der Waals surface area contributed by atoms with Crippen molar-refractivity contribution in [3.05, 3.63) is 35.4 Å². The molecule has 5 nitrogen and oxygen atoms in total. The van der Waals surface area contributed by atoms with Crippen LogP contribution in [-0.4, -0.2) is 55.0 Å². The number of amides is 2. The molecule has 21 heavy (non-hydrogen) atoms. The molecule has 2 aliphatic rings. The Morgan fingerprint density at radius 1 is 1.14 bits per heavy atom. The summed E-state index contributed by atoms with van der Waals surface area (Å²) in [5.41, 5.74) is 1.05. The van der Waals surface area contributed by atoms with Gasteiger partial charge in [-0.1, -0.05) is 12.1 Å². The van der Waals surface area contributed by atoms with Gasteiger partial charge in [0.05, 0.1) is 17.8 Å². The van der Waals surface area contributed by atoms with Gasteiger partial charge < -0.3 is 5.32 Å². The third-order valence-corrected chi connectivity index (χ3v) is 4.29. The van der Waals surface area contributed by atoms with Crippen molar-refractivity contribution >= 4 is 11.8 Å². The highest BCUT2D eigenvalue weighted by atomic mass is 16.2. The summed E-state index contributed by atoms with van der Waals surface area (Å²) in [7, 11) is 1.98. The fourth-order valence-corrected chi connectivity index (χ4v) is 3.17. The normalized spacial score (nSPS) is 19.4. The SMILES string of the molecule is CN(CC1CCNCC1)CN1C(=O)c2ccccc2C1=O. The van der Waals surface area contributed by atoms with Crippen LogP contribution in [0.15, 0.2) is 24.3 Å². The van der Waals surface area contributed by atoms with Crippen molar-refractivity contribution in [2.24, 2.45) is 5.92 Å². The summed E-state index contributed by atoms with van der Waals surface area (Å²) in [6.07, 6.45) is 2.32. The van der Waals surface area contributed by atoms with Gasteiger partial charge in [-0.15, -0.1) is 0 Å². The summed E-state index contributed by atoms with van der Waals surface area (Å²) < 4.78 is 0. The topological polar surface area (TPSA) is 52.6 Å². The van der Waals surface area contributed by atoms with Gasteiger partial charge in [-0.05, 0) is 51.0 Å². The van der Waals surface area contributed by atoms with Gasteiger partial charge in [0.2, 0.25) is 0 Å². The van der Waals surface area contributed by atoms with Crippen molar-refractivity contribution in [2.45, 2.75) is 12.8 Å². The monoisotopic (exact) mass is 287 g/mol. The number of piperidine rings is 1. The zero-order valence-electron chi connectivity index (χ0n) is 12.3. The number of benzene rings is 1. The summed E-state index contributed by atoms with van der Waals surface area (Å²) in [5.74, 6) is 0.298. The zero-order chi connectivity index (χ0) is 14.8. The maximum absolute atomic E-state index is 12.3. The fourth-order valence-electron chi connectivity index (χ4n) is 3.17. The van der Waals surface area contributed by atoms with Gasteiger partial charge in [-0.3, -0.25) is 19.4 Å². The molecule has 2 amide bonds. The molecule has 1 N–H and O–H groups in total. The fraction of sp³-hybridized carbons (Fsp3) is 0.500. The highest BCUT2D eigenvalue weighted by Gasteiger charge is 2.35. The molecule has 1 fully saturated rings. The van der Waals surface area contributed by atoms with Gasteiger partial charge in [0.1, 0.15) is 0 Å². The Kier molecular flexibility index (Phi) is 4.03. The lowest BCUT2D eigenvalue weighted by atomic mass is 9.98. The molecule has 0 saturated carbocycles. The summed E-state index contributed by atoms with van der Waals surface area (Å²) in [6, 6.07) is 7.04. The average Bonchev–Trinajstić information content (AvgIpc) is 2.74. The zero-order valence-corrected chi connectivity index (χ0v) is 12.3. The molecule has 1 aromatic rings. The van der Waals surface area contributed by atoms with E-state index in [-0.39, 0.29) is 11.8 Å². The maximum Gasteiger partial charge on any atom is 0.262 e. The number of nitrogens with one attached hydrogen (secondary N) is 1. The van der Waals surface area contributed by atoms with Gasteiger partial charge >= 0.3 is 0 Å². The van der Waals surface area contributed by atoms with Crippen LogP contribution in [0.25, 0.3) is 0 Å². The molecule has 0 bridgehead atoms. The molecule has 0 atom stereocenters. The Morgan fingerprint density at radius 3 is 2.29 bits per heavy atom. The quantitative estimate of drug-likeness (QED) is 0.845. The molecule has 5 heteroatoms. The highest BCUT2D eigenvalue weighted by molar-refractivity contribution is 6.21. The standard InChI is InChI=1S/C16H21N3O2/c1-18(10-12-6-8-17-9-7-12)11-19-15(20)13-4-2-3-5-14(13)16(19)21/h2-5,12,17H,6-11H2,1H3. The van der Waals surface area contributed by atoms with E-state index in [1.54, 1.807) is 24.3 Å². The van der Waals surface area contributed by atoms with E-state index in [4.69, 9.17) is 0 Å². The van der Waals surface area contributed by atoms with E-state index in [9.17, 15) is 9.59 Å². The van der Waals surface area contributed by atoms with Crippen molar-refractivity contribution < 1.29 is 9.59 Å². The predicted molar refractivity (Wildman–Crippen MR) is 80.0 cm³/mol. The van der Waals surface area contributed by atoms with Crippen LogP contribution in [0.3, 0.4) is 0 Å². The minimum atomic E-state index is -0.173. The molecule has 2 aliphatic heterocycles. The third kappa shape index (κ3) is 2.84. The Balaban J connectivity index is 1.63. The summed E-state index contributed by atoms with van der Waals surface area (Å²) in [5, 5.41) is 3.35. The second kappa shape index (κ2) is 5.95. The second-order valence-corrected chi connectivity index (χ2v) is 5.96. The van der Waals surface area contributed by atoms with Gasteiger partial charge in [-0.25, -0.2) is 0 Å². The van der Waals surface area contributed by atoms with E-state index in [1.807, 2.05) is 7.05 Å². The van der Waals surface area contributed by atoms with Crippen molar-refractivity contribution in [3.63, 3.8) is 0 Å². The number of nitrogens with zero attached hydrogens (tertiary/aromatic N) is 2. The summed E-state index contributed by atoms with van der Waals surface area (Å²) in [4.78, 5) is 28.0. The third-order valence-electron chi connectivity index (χ3n) is 4.29. The van der Waals surface area contributed by atoms with Gasteiger partial charge in [-0.2, -0.15) is 0 Å². The Hall–Kier alpha value is -1.72. The molecule has 1 aromatic carbocycles. The van der Waals surface area contributed by atoms with Crippen LogP contribution in [0.1, 0.15) is 33.6 Å². The van der Waals surface area contributed by atoms with Gasteiger partial charge in [0.15, 0.2) is 0 Å². The number of carbonyl (C=O) groups is 2. The molecule has 1 saturated heterocycles. The molecule has 3 rings (SSSR count). The Morgan fingerprint density at radius 2 is 1.71 bits per heavy atom. The van der Waals surface area contributed by atoms with Crippen molar-refractivity contribution in [3.8, 4) is 0 Å². The summed E-state index contributed by atoms with van der Waals surface area (Å²) >= 11 is 0. The lowest BCUT2D eigenvalue weighted by Gasteiger charge is -2.29.